The highest BCUT2D eigenvalue weighted by molar-refractivity contribution is 7.12. The SMILES string of the molecule is COc1cc(C(=O)OCC(=O)N2N=C(c3cccs3)CC2c2ccco2)cc(OC)c1OC. The largest absolute Gasteiger partial charge is 0.493 e. The number of hydrogen-bond donors (Lipinski definition) is 0. The minimum absolute atomic E-state index is 0.157. The molecule has 0 fully saturated rings. The first-order chi connectivity index (χ1) is 16.0. The van der Waals surface area contributed by atoms with Gasteiger partial charge in [0.2, 0.25) is 5.75 Å². The van der Waals surface area contributed by atoms with Gasteiger partial charge in [-0.1, -0.05) is 6.07 Å². The lowest BCUT2D eigenvalue weighted by molar-refractivity contribution is -0.136. The van der Waals surface area contributed by atoms with Crippen molar-refractivity contribution in [2.75, 3.05) is 27.9 Å². The minimum atomic E-state index is -0.709. The average Bonchev–Trinajstić information content (AvgIpc) is 3.61. The van der Waals surface area contributed by atoms with E-state index in [1.54, 1.807) is 18.4 Å². The lowest BCUT2D eigenvalue weighted by atomic mass is 10.1. The number of benzene rings is 1. The Morgan fingerprint density at radius 3 is 2.45 bits per heavy atom. The molecule has 1 amide bonds. The van der Waals surface area contributed by atoms with E-state index in [-0.39, 0.29) is 5.56 Å². The fraction of sp³-hybridized carbons (Fsp3) is 0.261. The van der Waals surface area contributed by atoms with Crippen LogP contribution in [0.2, 0.25) is 0 Å². The molecule has 0 saturated heterocycles. The normalized spacial score (nSPS) is 15.2. The molecular formula is C23H22N2O7S. The summed E-state index contributed by atoms with van der Waals surface area (Å²) in [6, 6.07) is 9.93. The molecule has 0 saturated carbocycles. The highest BCUT2D eigenvalue weighted by Gasteiger charge is 2.35. The molecule has 0 N–H and O–H groups in total. The number of amides is 1. The summed E-state index contributed by atoms with van der Waals surface area (Å²) in [6.45, 7) is -0.492. The van der Waals surface area contributed by atoms with Gasteiger partial charge in [-0.2, -0.15) is 5.10 Å². The Bertz CT molecular complexity index is 1130. The number of thiophene rings is 1. The average molecular weight is 471 g/mol. The van der Waals surface area contributed by atoms with Gasteiger partial charge in [0.05, 0.1) is 43.7 Å². The Labute approximate surface area is 194 Å². The molecule has 1 aliphatic rings. The summed E-state index contributed by atoms with van der Waals surface area (Å²) in [5.41, 5.74) is 0.930. The number of ether oxygens (including phenoxy) is 4. The first-order valence-corrected chi connectivity index (χ1v) is 10.9. The zero-order valence-corrected chi connectivity index (χ0v) is 19.1. The number of nitrogens with zero attached hydrogens (tertiary/aromatic N) is 2. The minimum Gasteiger partial charge on any atom is -0.493 e. The highest BCUT2D eigenvalue weighted by Crippen LogP contribution is 2.38. The van der Waals surface area contributed by atoms with E-state index in [0.717, 1.165) is 10.6 Å². The predicted molar refractivity (Wildman–Crippen MR) is 120 cm³/mol. The molecule has 0 spiro atoms. The maximum Gasteiger partial charge on any atom is 0.338 e. The van der Waals surface area contributed by atoms with Gasteiger partial charge in [0.15, 0.2) is 18.1 Å². The van der Waals surface area contributed by atoms with Crippen LogP contribution in [0.1, 0.15) is 33.5 Å². The van der Waals surface area contributed by atoms with Gasteiger partial charge in [-0.15, -0.1) is 11.3 Å². The van der Waals surface area contributed by atoms with E-state index in [1.807, 2.05) is 17.5 Å². The first kappa shape index (κ1) is 22.4. The fourth-order valence-corrected chi connectivity index (χ4v) is 4.23. The summed E-state index contributed by atoms with van der Waals surface area (Å²) in [5.74, 6) is 0.383. The second-order valence-corrected chi connectivity index (χ2v) is 7.94. The molecule has 2 aromatic heterocycles. The Balaban J connectivity index is 1.50. The third kappa shape index (κ3) is 4.56. The second-order valence-electron chi connectivity index (χ2n) is 6.99. The van der Waals surface area contributed by atoms with E-state index in [0.29, 0.717) is 29.4 Å². The molecule has 0 radical (unpaired) electrons. The third-order valence-corrected chi connectivity index (χ3v) is 5.99. The molecule has 9 nitrogen and oxygen atoms in total. The standard InChI is InChI=1S/C23H22N2O7S/c1-28-18-10-14(11-19(29-2)22(18)30-3)23(27)32-13-21(26)25-16(17-6-4-8-31-17)12-15(24-25)20-7-5-9-33-20/h4-11,16H,12-13H2,1-3H3. The van der Waals surface area contributed by atoms with Crippen molar-refractivity contribution < 1.29 is 33.0 Å². The number of carbonyl (C=O) groups is 2. The molecule has 1 aliphatic heterocycles. The fourth-order valence-electron chi connectivity index (χ4n) is 3.51. The van der Waals surface area contributed by atoms with E-state index >= 15 is 0 Å². The zero-order chi connectivity index (χ0) is 23.4. The van der Waals surface area contributed by atoms with Gasteiger partial charge in [-0.25, -0.2) is 9.80 Å². The van der Waals surface area contributed by atoms with E-state index in [2.05, 4.69) is 5.10 Å². The number of furan rings is 1. The molecule has 0 bridgehead atoms. The Kier molecular flexibility index (Phi) is 6.64. The zero-order valence-electron chi connectivity index (χ0n) is 18.3. The maximum absolute atomic E-state index is 13.0. The van der Waals surface area contributed by atoms with E-state index in [1.165, 1.54) is 49.8 Å². The van der Waals surface area contributed by atoms with Gasteiger partial charge >= 0.3 is 5.97 Å². The van der Waals surface area contributed by atoms with Crippen molar-refractivity contribution in [1.82, 2.24) is 5.01 Å². The van der Waals surface area contributed by atoms with Gasteiger partial charge in [-0.3, -0.25) is 4.79 Å². The topological polar surface area (TPSA) is 99.8 Å². The van der Waals surface area contributed by atoms with Crippen LogP contribution in [0.3, 0.4) is 0 Å². The van der Waals surface area contributed by atoms with Crippen LogP contribution in [0.25, 0.3) is 0 Å². The smallest absolute Gasteiger partial charge is 0.338 e. The summed E-state index contributed by atoms with van der Waals surface area (Å²) in [5, 5.41) is 7.76. The van der Waals surface area contributed by atoms with Gasteiger partial charge in [0.1, 0.15) is 11.8 Å². The molecule has 10 heteroatoms. The van der Waals surface area contributed by atoms with Gasteiger partial charge in [0, 0.05) is 6.42 Å². The lowest BCUT2D eigenvalue weighted by Gasteiger charge is -2.19. The molecular weight excluding hydrogens is 448 g/mol. The van der Waals surface area contributed by atoms with Crippen molar-refractivity contribution in [3.05, 3.63) is 64.2 Å². The summed E-state index contributed by atoms with van der Waals surface area (Å²) in [7, 11) is 4.36. The number of methoxy groups -OCH3 is 3. The Hall–Kier alpha value is -3.79. The Morgan fingerprint density at radius 2 is 1.88 bits per heavy atom. The van der Waals surface area contributed by atoms with Crippen molar-refractivity contribution in [2.24, 2.45) is 5.10 Å². The summed E-state index contributed by atoms with van der Waals surface area (Å²) in [4.78, 5) is 26.6. The summed E-state index contributed by atoms with van der Waals surface area (Å²) in [6.07, 6.45) is 2.05. The first-order valence-electron chi connectivity index (χ1n) is 9.99. The molecule has 1 unspecified atom stereocenters. The molecule has 0 aliphatic carbocycles. The molecule has 1 aromatic carbocycles. The molecule has 4 rings (SSSR count). The van der Waals surface area contributed by atoms with E-state index in [4.69, 9.17) is 23.4 Å². The lowest BCUT2D eigenvalue weighted by Crippen LogP contribution is -2.31. The van der Waals surface area contributed by atoms with Crippen molar-refractivity contribution >= 4 is 28.9 Å². The monoisotopic (exact) mass is 470 g/mol. The van der Waals surface area contributed by atoms with E-state index in [9.17, 15) is 9.59 Å². The molecule has 172 valence electrons. The van der Waals surface area contributed by atoms with Crippen LogP contribution in [-0.4, -0.2) is 50.5 Å². The van der Waals surface area contributed by atoms with Gasteiger partial charge < -0.3 is 23.4 Å². The van der Waals surface area contributed by atoms with Crippen LogP contribution in [-0.2, 0) is 9.53 Å². The highest BCUT2D eigenvalue weighted by atomic mass is 32.1. The number of rotatable bonds is 8. The van der Waals surface area contributed by atoms with Crippen LogP contribution in [0.15, 0.2) is 57.6 Å². The van der Waals surface area contributed by atoms with Gasteiger partial charge in [-0.05, 0) is 35.7 Å². The van der Waals surface area contributed by atoms with Crippen LogP contribution >= 0.6 is 11.3 Å². The number of esters is 1. The third-order valence-electron chi connectivity index (χ3n) is 5.07. The predicted octanol–water partition coefficient (Wildman–Crippen LogP) is 3.90. The van der Waals surface area contributed by atoms with Gasteiger partial charge in [0.25, 0.3) is 5.91 Å². The molecule has 1 atom stereocenters. The molecule has 33 heavy (non-hydrogen) atoms. The summed E-state index contributed by atoms with van der Waals surface area (Å²) >= 11 is 1.54. The summed E-state index contributed by atoms with van der Waals surface area (Å²) < 4.78 is 26.6. The molecule has 3 aromatic rings. The van der Waals surface area contributed by atoms with Crippen molar-refractivity contribution in [3.8, 4) is 17.2 Å². The van der Waals surface area contributed by atoms with Crippen LogP contribution in [0.5, 0.6) is 17.2 Å². The molecule has 3 heterocycles. The number of carbonyl (C=O) groups excluding carboxylic acids is 2. The number of hydrazone groups is 1. The van der Waals surface area contributed by atoms with Crippen molar-refractivity contribution in [2.45, 2.75) is 12.5 Å². The second kappa shape index (κ2) is 9.78. The van der Waals surface area contributed by atoms with Crippen molar-refractivity contribution in [3.63, 3.8) is 0 Å². The van der Waals surface area contributed by atoms with Crippen LogP contribution in [0, 0.1) is 0 Å². The Morgan fingerprint density at radius 1 is 1.12 bits per heavy atom. The van der Waals surface area contributed by atoms with Crippen LogP contribution < -0.4 is 14.2 Å². The van der Waals surface area contributed by atoms with Crippen molar-refractivity contribution in [1.29, 1.82) is 0 Å². The van der Waals surface area contributed by atoms with E-state index < -0.39 is 24.5 Å². The maximum atomic E-state index is 13.0. The van der Waals surface area contributed by atoms with Crippen LogP contribution in [0.4, 0.5) is 0 Å². The number of hydrogen-bond acceptors (Lipinski definition) is 9. The quantitative estimate of drug-likeness (QED) is 0.460.